The van der Waals surface area contributed by atoms with E-state index in [1.807, 2.05) is 31.2 Å². The van der Waals surface area contributed by atoms with E-state index in [2.05, 4.69) is 4.72 Å². The van der Waals surface area contributed by atoms with Crippen molar-refractivity contribution in [2.45, 2.75) is 24.8 Å². The summed E-state index contributed by atoms with van der Waals surface area (Å²) >= 11 is 12.1. The van der Waals surface area contributed by atoms with E-state index < -0.39 is 21.3 Å². The summed E-state index contributed by atoms with van der Waals surface area (Å²) in [6.45, 7) is 2.28. The Balaban J connectivity index is 1.82. The second kappa shape index (κ2) is 7.84. The number of nitrogens with zero attached hydrogens (tertiary/aromatic N) is 1. The Morgan fingerprint density at radius 3 is 2.65 bits per heavy atom. The van der Waals surface area contributed by atoms with Crippen molar-refractivity contribution in [2.75, 3.05) is 13.7 Å². The molecule has 140 valence electrons. The topological polar surface area (TPSA) is 58.6 Å². The van der Waals surface area contributed by atoms with Gasteiger partial charge >= 0.3 is 0 Å². The SMILES string of the molecule is Cc1cccc(CNS(=O)(=O)C2CON(C)C2c2ccc(Cl)c(Cl)c2)c1. The average molecular weight is 415 g/mol. The molecule has 0 aromatic heterocycles. The molecule has 1 aliphatic rings. The van der Waals surface area contributed by atoms with Gasteiger partial charge in [-0.1, -0.05) is 59.1 Å². The normalized spacial score (nSPS) is 21.2. The van der Waals surface area contributed by atoms with E-state index in [1.165, 1.54) is 0 Å². The molecule has 26 heavy (non-hydrogen) atoms. The lowest BCUT2D eigenvalue weighted by atomic mass is 10.0. The van der Waals surface area contributed by atoms with Gasteiger partial charge in [0.25, 0.3) is 0 Å². The Bertz CT molecular complexity index is 905. The Hall–Kier alpha value is -1.15. The number of hydroxylamine groups is 2. The summed E-state index contributed by atoms with van der Waals surface area (Å²) in [6.07, 6.45) is 0. The molecule has 1 heterocycles. The number of aryl methyl sites for hydroxylation is 1. The zero-order chi connectivity index (χ0) is 18.9. The van der Waals surface area contributed by atoms with Gasteiger partial charge in [0.15, 0.2) is 0 Å². The number of hydrogen-bond donors (Lipinski definition) is 1. The highest BCUT2D eigenvalue weighted by atomic mass is 35.5. The molecule has 1 saturated heterocycles. The molecule has 0 amide bonds. The van der Waals surface area contributed by atoms with Crippen LogP contribution in [0.25, 0.3) is 0 Å². The van der Waals surface area contributed by atoms with Crippen LogP contribution in [0.2, 0.25) is 10.0 Å². The summed E-state index contributed by atoms with van der Waals surface area (Å²) in [5.74, 6) is 0. The van der Waals surface area contributed by atoms with Crippen molar-refractivity contribution < 1.29 is 13.3 Å². The second-order valence-corrected chi connectivity index (χ2v) is 9.15. The van der Waals surface area contributed by atoms with Crippen LogP contribution in [-0.2, 0) is 21.4 Å². The monoisotopic (exact) mass is 414 g/mol. The zero-order valence-electron chi connectivity index (χ0n) is 14.4. The van der Waals surface area contributed by atoms with Crippen LogP contribution in [0.5, 0.6) is 0 Å². The van der Waals surface area contributed by atoms with E-state index in [9.17, 15) is 8.42 Å². The van der Waals surface area contributed by atoms with Gasteiger partial charge in [0, 0.05) is 13.6 Å². The lowest BCUT2D eigenvalue weighted by Gasteiger charge is -2.23. The highest BCUT2D eigenvalue weighted by Gasteiger charge is 2.43. The van der Waals surface area contributed by atoms with Gasteiger partial charge in [0.05, 0.1) is 22.7 Å². The lowest BCUT2D eigenvalue weighted by Crippen LogP contribution is -2.39. The van der Waals surface area contributed by atoms with Crippen molar-refractivity contribution in [3.8, 4) is 0 Å². The first-order chi connectivity index (χ1) is 12.3. The first-order valence-electron chi connectivity index (χ1n) is 8.12. The third-order valence-corrected chi connectivity index (χ3v) is 6.91. The van der Waals surface area contributed by atoms with Gasteiger partial charge in [0.1, 0.15) is 5.25 Å². The molecule has 1 aliphatic heterocycles. The second-order valence-electron chi connectivity index (χ2n) is 6.35. The highest BCUT2D eigenvalue weighted by Crippen LogP contribution is 2.36. The summed E-state index contributed by atoms with van der Waals surface area (Å²) in [4.78, 5) is 5.50. The van der Waals surface area contributed by atoms with E-state index in [1.54, 1.807) is 30.3 Å². The first-order valence-corrected chi connectivity index (χ1v) is 10.4. The van der Waals surface area contributed by atoms with Crippen molar-refractivity contribution >= 4 is 33.2 Å². The number of benzene rings is 2. The van der Waals surface area contributed by atoms with Crippen LogP contribution in [0.1, 0.15) is 22.7 Å². The molecule has 0 spiro atoms. The van der Waals surface area contributed by atoms with Crippen LogP contribution in [0, 0.1) is 6.92 Å². The fourth-order valence-corrected chi connectivity index (χ4v) is 4.89. The van der Waals surface area contributed by atoms with Crippen LogP contribution >= 0.6 is 23.2 Å². The van der Waals surface area contributed by atoms with Crippen LogP contribution in [0.15, 0.2) is 42.5 Å². The third kappa shape index (κ3) is 4.22. The number of rotatable bonds is 5. The number of hydrogen-bond acceptors (Lipinski definition) is 4. The van der Waals surface area contributed by atoms with Crippen molar-refractivity contribution in [3.05, 3.63) is 69.2 Å². The Kier molecular flexibility index (Phi) is 5.91. The standard InChI is InChI=1S/C18H20Cl2N2O3S/c1-12-4-3-5-13(8-12)10-21-26(23,24)17-11-25-22(2)18(17)14-6-7-15(19)16(20)9-14/h3-9,17-18,21H,10-11H2,1-2H3. The van der Waals surface area contributed by atoms with E-state index >= 15 is 0 Å². The minimum Gasteiger partial charge on any atom is -0.297 e. The number of halogens is 2. The maximum Gasteiger partial charge on any atom is 0.219 e. The van der Waals surface area contributed by atoms with Gasteiger partial charge in [-0.05, 0) is 30.2 Å². The van der Waals surface area contributed by atoms with Gasteiger partial charge < -0.3 is 0 Å². The molecule has 2 unspecified atom stereocenters. The molecule has 1 fully saturated rings. The smallest absolute Gasteiger partial charge is 0.219 e. The Morgan fingerprint density at radius 1 is 1.19 bits per heavy atom. The molecule has 0 saturated carbocycles. The fraction of sp³-hybridized carbons (Fsp3) is 0.333. The van der Waals surface area contributed by atoms with Crippen molar-refractivity contribution in [2.24, 2.45) is 0 Å². The van der Waals surface area contributed by atoms with Crippen LogP contribution in [0.4, 0.5) is 0 Å². The fourth-order valence-electron chi connectivity index (χ4n) is 3.09. The molecule has 1 N–H and O–H groups in total. The minimum atomic E-state index is -3.62. The largest absolute Gasteiger partial charge is 0.297 e. The van der Waals surface area contributed by atoms with Gasteiger partial charge in [-0.2, -0.15) is 5.06 Å². The minimum absolute atomic E-state index is 0.0740. The van der Waals surface area contributed by atoms with E-state index in [0.717, 1.165) is 16.7 Å². The Labute approximate surface area is 163 Å². The van der Waals surface area contributed by atoms with Crippen LogP contribution < -0.4 is 4.72 Å². The molecule has 3 rings (SSSR count). The maximum absolute atomic E-state index is 12.9. The summed E-state index contributed by atoms with van der Waals surface area (Å²) < 4.78 is 28.5. The lowest BCUT2D eigenvalue weighted by molar-refractivity contribution is -0.110. The van der Waals surface area contributed by atoms with E-state index in [0.29, 0.717) is 10.0 Å². The van der Waals surface area contributed by atoms with Crippen molar-refractivity contribution in [3.63, 3.8) is 0 Å². The molecule has 8 heteroatoms. The van der Waals surface area contributed by atoms with Crippen LogP contribution in [-0.4, -0.2) is 32.4 Å². The molecular formula is C18H20Cl2N2O3S. The van der Waals surface area contributed by atoms with E-state index in [4.69, 9.17) is 28.0 Å². The molecule has 0 aliphatic carbocycles. The highest BCUT2D eigenvalue weighted by molar-refractivity contribution is 7.90. The van der Waals surface area contributed by atoms with Gasteiger partial charge in [-0.25, -0.2) is 13.1 Å². The predicted octanol–water partition coefficient (Wildman–Crippen LogP) is 3.71. The summed E-state index contributed by atoms with van der Waals surface area (Å²) in [5.41, 5.74) is 2.73. The van der Waals surface area contributed by atoms with Crippen molar-refractivity contribution in [1.82, 2.24) is 9.79 Å². The third-order valence-electron chi connectivity index (χ3n) is 4.43. The first kappa shape index (κ1) is 19.6. The zero-order valence-corrected chi connectivity index (χ0v) is 16.8. The van der Waals surface area contributed by atoms with Gasteiger partial charge in [-0.3, -0.25) is 4.84 Å². The van der Waals surface area contributed by atoms with Crippen molar-refractivity contribution in [1.29, 1.82) is 0 Å². The molecule has 5 nitrogen and oxygen atoms in total. The molecule has 0 radical (unpaired) electrons. The summed E-state index contributed by atoms with van der Waals surface area (Å²) in [6, 6.07) is 12.4. The molecule has 2 aromatic carbocycles. The van der Waals surface area contributed by atoms with Gasteiger partial charge in [0.2, 0.25) is 10.0 Å². The van der Waals surface area contributed by atoms with Crippen LogP contribution in [0.3, 0.4) is 0 Å². The van der Waals surface area contributed by atoms with Gasteiger partial charge in [-0.15, -0.1) is 0 Å². The summed E-state index contributed by atoms with van der Waals surface area (Å²) in [5, 5.41) is 1.60. The molecule has 2 aromatic rings. The Morgan fingerprint density at radius 2 is 1.96 bits per heavy atom. The molecular weight excluding hydrogens is 395 g/mol. The molecule has 2 atom stereocenters. The predicted molar refractivity (Wildman–Crippen MR) is 104 cm³/mol. The maximum atomic E-state index is 12.9. The van der Waals surface area contributed by atoms with E-state index in [-0.39, 0.29) is 13.2 Å². The molecule has 0 bridgehead atoms. The summed E-state index contributed by atoms with van der Waals surface area (Å²) in [7, 11) is -1.91. The number of sulfonamides is 1. The quantitative estimate of drug-likeness (QED) is 0.809. The number of nitrogens with one attached hydrogen (secondary N) is 1. The average Bonchev–Trinajstić information content (AvgIpc) is 2.98.